The predicted molar refractivity (Wildman–Crippen MR) is 117 cm³/mol. The maximum atomic E-state index is 13.0. The molecule has 1 saturated heterocycles. The van der Waals surface area contributed by atoms with E-state index in [4.69, 9.17) is 0 Å². The first-order valence-corrected chi connectivity index (χ1v) is 13.6. The molecule has 0 amide bonds. The first kappa shape index (κ1) is 21.4. The summed E-state index contributed by atoms with van der Waals surface area (Å²) in [6.45, 7) is 0.623. The normalized spacial score (nSPS) is 18.6. The number of para-hydroxylation sites is 1. The number of hydrogen-bond acceptors (Lipinski definition) is 6. The summed E-state index contributed by atoms with van der Waals surface area (Å²) in [4.78, 5) is 4.34. The van der Waals surface area contributed by atoms with E-state index in [2.05, 4.69) is 9.71 Å². The summed E-state index contributed by atoms with van der Waals surface area (Å²) in [7, 11) is -7.31. The maximum Gasteiger partial charge on any atom is 0.252 e. The Kier molecular flexibility index (Phi) is 6.21. The van der Waals surface area contributed by atoms with E-state index in [1.165, 1.54) is 21.7 Å². The van der Waals surface area contributed by atoms with Crippen molar-refractivity contribution < 1.29 is 16.8 Å². The van der Waals surface area contributed by atoms with Gasteiger partial charge >= 0.3 is 0 Å². The van der Waals surface area contributed by atoms with Crippen LogP contribution in [0.3, 0.4) is 0 Å². The Balaban J connectivity index is 1.48. The van der Waals surface area contributed by atoms with Crippen molar-refractivity contribution in [3.8, 4) is 0 Å². The van der Waals surface area contributed by atoms with Gasteiger partial charge in [0.25, 0.3) is 10.0 Å². The van der Waals surface area contributed by atoms with Crippen LogP contribution in [0.4, 0.5) is 0 Å². The highest BCUT2D eigenvalue weighted by atomic mass is 32.2. The molecule has 2 aromatic heterocycles. The number of nitrogens with zero attached hydrogens (tertiary/aromatic N) is 2. The van der Waals surface area contributed by atoms with Gasteiger partial charge in [0.1, 0.15) is 9.10 Å². The quantitative estimate of drug-likeness (QED) is 0.578. The van der Waals surface area contributed by atoms with Gasteiger partial charge in [-0.25, -0.2) is 21.6 Å². The third kappa shape index (κ3) is 4.28. The van der Waals surface area contributed by atoms with Gasteiger partial charge in [0, 0.05) is 30.7 Å². The fourth-order valence-electron chi connectivity index (χ4n) is 3.84. The number of benzene rings is 1. The smallest absolute Gasteiger partial charge is 0.252 e. The molecule has 30 heavy (non-hydrogen) atoms. The van der Waals surface area contributed by atoms with Gasteiger partial charge in [-0.3, -0.25) is 4.98 Å². The van der Waals surface area contributed by atoms with Gasteiger partial charge in [0.2, 0.25) is 10.0 Å². The first-order valence-electron chi connectivity index (χ1n) is 9.78. The molecule has 3 heterocycles. The third-order valence-electron chi connectivity index (χ3n) is 5.29. The zero-order chi connectivity index (χ0) is 21.2. The molecule has 0 bridgehead atoms. The molecular weight excluding hydrogens is 442 g/mol. The minimum Gasteiger partial charge on any atom is -0.255 e. The molecule has 1 N–H and O–H groups in total. The Labute approximate surface area is 180 Å². The largest absolute Gasteiger partial charge is 0.255 e. The Morgan fingerprint density at radius 1 is 1.07 bits per heavy atom. The van der Waals surface area contributed by atoms with Crippen LogP contribution in [-0.4, -0.2) is 45.3 Å². The fourth-order valence-corrected chi connectivity index (χ4v) is 7.90. The number of rotatable bonds is 7. The Bertz CT molecular complexity index is 1220. The molecule has 3 aromatic rings. The molecule has 7 nitrogen and oxygen atoms in total. The Hall–Kier alpha value is -1.85. The lowest BCUT2D eigenvalue weighted by atomic mass is 10.0. The van der Waals surface area contributed by atoms with Crippen molar-refractivity contribution in [3.05, 3.63) is 54.0 Å². The predicted octanol–water partition coefficient (Wildman–Crippen LogP) is 3.21. The van der Waals surface area contributed by atoms with E-state index in [9.17, 15) is 16.8 Å². The average Bonchev–Trinajstić information content (AvgIpc) is 3.29. The van der Waals surface area contributed by atoms with E-state index < -0.39 is 20.0 Å². The molecule has 0 aliphatic carbocycles. The number of sulfonamides is 2. The maximum absolute atomic E-state index is 13.0. The Morgan fingerprint density at radius 3 is 2.70 bits per heavy atom. The first-order chi connectivity index (χ1) is 14.4. The lowest BCUT2D eigenvalue weighted by Crippen LogP contribution is -2.44. The van der Waals surface area contributed by atoms with E-state index in [1.54, 1.807) is 35.8 Å². The highest BCUT2D eigenvalue weighted by Crippen LogP contribution is 2.29. The molecule has 0 spiro atoms. The van der Waals surface area contributed by atoms with E-state index in [0.29, 0.717) is 22.7 Å². The second-order valence-corrected chi connectivity index (χ2v) is 12.0. The lowest BCUT2D eigenvalue weighted by molar-refractivity contribution is 0.242. The summed E-state index contributed by atoms with van der Waals surface area (Å²) >= 11 is 1.20. The monoisotopic (exact) mass is 465 g/mol. The second kappa shape index (κ2) is 8.72. The molecule has 1 aliphatic rings. The van der Waals surface area contributed by atoms with Gasteiger partial charge < -0.3 is 0 Å². The highest BCUT2D eigenvalue weighted by molar-refractivity contribution is 7.91. The van der Waals surface area contributed by atoms with Crippen LogP contribution in [0.2, 0.25) is 0 Å². The van der Waals surface area contributed by atoms with Crippen LogP contribution in [-0.2, 0) is 20.0 Å². The molecule has 1 fully saturated rings. The van der Waals surface area contributed by atoms with Gasteiger partial charge in [0.05, 0.1) is 5.52 Å². The second-order valence-electron chi connectivity index (χ2n) is 7.22. The minimum atomic E-state index is -3.76. The summed E-state index contributed by atoms with van der Waals surface area (Å²) in [5, 5.41) is 2.50. The van der Waals surface area contributed by atoms with Crippen LogP contribution in [0.15, 0.2) is 63.1 Å². The zero-order valence-electron chi connectivity index (χ0n) is 16.3. The van der Waals surface area contributed by atoms with Crippen molar-refractivity contribution in [2.24, 2.45) is 0 Å². The van der Waals surface area contributed by atoms with Crippen LogP contribution in [0.5, 0.6) is 0 Å². The van der Waals surface area contributed by atoms with Crippen molar-refractivity contribution >= 4 is 42.3 Å². The highest BCUT2D eigenvalue weighted by Gasteiger charge is 2.34. The summed E-state index contributed by atoms with van der Waals surface area (Å²) < 4.78 is 56.2. The zero-order valence-corrected chi connectivity index (χ0v) is 18.7. The van der Waals surface area contributed by atoms with E-state index in [-0.39, 0.29) is 17.5 Å². The number of pyridine rings is 1. The standard InChI is InChI=1S/C20H23N3O4S3/c24-29(25,18-9-3-6-16-7-4-12-21-20(16)18)22-13-11-17-8-1-2-14-23(17)30(26,27)19-10-5-15-28-19/h3-7,9-10,12,15,17,22H,1-2,8,11,13-14H2. The van der Waals surface area contributed by atoms with Crippen LogP contribution in [0, 0.1) is 0 Å². The third-order valence-corrected chi connectivity index (χ3v) is 10.1. The molecule has 160 valence electrons. The topological polar surface area (TPSA) is 96.4 Å². The number of piperidine rings is 1. The molecule has 1 aliphatic heterocycles. The number of hydrogen-bond donors (Lipinski definition) is 1. The molecule has 1 aromatic carbocycles. The van der Waals surface area contributed by atoms with Gasteiger partial charge in [0.15, 0.2) is 0 Å². The van der Waals surface area contributed by atoms with Crippen molar-refractivity contribution in [2.75, 3.05) is 13.1 Å². The number of aromatic nitrogens is 1. The summed E-state index contributed by atoms with van der Waals surface area (Å²) in [5.41, 5.74) is 0.423. The molecule has 1 unspecified atom stereocenters. The van der Waals surface area contributed by atoms with Gasteiger partial charge in [-0.15, -0.1) is 11.3 Å². The van der Waals surface area contributed by atoms with Crippen LogP contribution >= 0.6 is 11.3 Å². The molecule has 0 saturated carbocycles. The molecule has 0 radical (unpaired) electrons. The number of nitrogens with one attached hydrogen (secondary N) is 1. The SMILES string of the molecule is O=S(=O)(NCCC1CCCCN1S(=O)(=O)c1cccs1)c1cccc2cccnc12. The molecule has 1 atom stereocenters. The Morgan fingerprint density at radius 2 is 1.90 bits per heavy atom. The average molecular weight is 466 g/mol. The summed E-state index contributed by atoms with van der Waals surface area (Å²) in [6, 6.07) is 11.7. The molecular formula is C20H23N3O4S3. The van der Waals surface area contributed by atoms with Crippen molar-refractivity contribution in [1.82, 2.24) is 14.0 Å². The van der Waals surface area contributed by atoms with Crippen molar-refractivity contribution in [1.29, 1.82) is 0 Å². The molecule has 4 rings (SSSR count). The van der Waals surface area contributed by atoms with Gasteiger partial charge in [-0.1, -0.05) is 30.7 Å². The summed E-state index contributed by atoms with van der Waals surface area (Å²) in [5.74, 6) is 0. The van der Waals surface area contributed by atoms with E-state index in [1.807, 2.05) is 12.1 Å². The summed E-state index contributed by atoms with van der Waals surface area (Å²) in [6.07, 6.45) is 4.45. The minimum absolute atomic E-state index is 0.132. The molecule has 10 heteroatoms. The number of thiophene rings is 1. The van der Waals surface area contributed by atoms with Crippen LogP contribution < -0.4 is 4.72 Å². The van der Waals surface area contributed by atoms with Crippen LogP contribution in [0.25, 0.3) is 10.9 Å². The lowest BCUT2D eigenvalue weighted by Gasteiger charge is -2.34. The van der Waals surface area contributed by atoms with E-state index >= 15 is 0 Å². The van der Waals surface area contributed by atoms with Gasteiger partial charge in [-0.2, -0.15) is 4.31 Å². The van der Waals surface area contributed by atoms with Gasteiger partial charge in [-0.05, 0) is 42.8 Å². The number of fused-ring (bicyclic) bond motifs is 1. The van der Waals surface area contributed by atoms with E-state index in [0.717, 1.165) is 24.6 Å². The fraction of sp³-hybridized carbons (Fsp3) is 0.350. The van der Waals surface area contributed by atoms with Crippen molar-refractivity contribution in [2.45, 2.75) is 40.8 Å². The van der Waals surface area contributed by atoms with Crippen molar-refractivity contribution in [3.63, 3.8) is 0 Å². The van der Waals surface area contributed by atoms with Crippen LogP contribution in [0.1, 0.15) is 25.7 Å².